The van der Waals surface area contributed by atoms with Gasteiger partial charge in [0.1, 0.15) is 0 Å². The number of ketones is 1. The predicted octanol–water partition coefficient (Wildman–Crippen LogP) is 3.90. The number of hydrogen-bond acceptors (Lipinski definition) is 1. The second-order valence-corrected chi connectivity index (χ2v) is 4.87. The van der Waals surface area contributed by atoms with Crippen LogP contribution in [0.25, 0.3) is 0 Å². The summed E-state index contributed by atoms with van der Waals surface area (Å²) in [5.74, 6) is 1.60. The Balaban J connectivity index is 2.81. The zero-order valence-electron chi connectivity index (χ0n) is 10.3. The molecule has 0 fully saturated rings. The molecule has 0 aromatic rings. The number of hydrogen-bond donors (Lipinski definition) is 0. The van der Waals surface area contributed by atoms with Crippen molar-refractivity contribution in [1.82, 2.24) is 0 Å². The van der Waals surface area contributed by atoms with Crippen molar-refractivity contribution in [3.8, 4) is 0 Å². The Hall–Kier alpha value is -0.850. The third-order valence-corrected chi connectivity index (χ3v) is 3.43. The van der Waals surface area contributed by atoms with Crippen molar-refractivity contribution in [2.45, 2.75) is 47.0 Å². The number of allylic oxidation sites excluding steroid dienone is 4. The highest BCUT2D eigenvalue weighted by Crippen LogP contribution is 2.34. The molecule has 1 heteroatoms. The molecule has 0 spiro atoms. The molecule has 1 atom stereocenters. The molecule has 0 amide bonds. The zero-order chi connectivity index (χ0) is 11.4. The minimum absolute atomic E-state index is 0.223. The fourth-order valence-electron chi connectivity index (χ4n) is 2.22. The van der Waals surface area contributed by atoms with Crippen LogP contribution in [0, 0.1) is 11.8 Å². The Morgan fingerprint density at radius 2 is 2.13 bits per heavy atom. The lowest BCUT2D eigenvalue weighted by Gasteiger charge is -2.27. The summed E-state index contributed by atoms with van der Waals surface area (Å²) in [6.45, 7) is 8.51. The van der Waals surface area contributed by atoms with Crippen LogP contribution in [0.3, 0.4) is 0 Å². The standard InChI is InChI=1S/C14H22O/c1-5-6-14(15)13-9-12(10(2)3)8-7-11(13)4/h5-6,10,12H,7-9H2,1-4H3. The Labute approximate surface area is 93.3 Å². The first kappa shape index (κ1) is 12.2. The molecular formula is C14H22O. The molecule has 1 unspecified atom stereocenters. The van der Waals surface area contributed by atoms with E-state index in [4.69, 9.17) is 0 Å². The lowest BCUT2D eigenvalue weighted by molar-refractivity contribution is -0.111. The van der Waals surface area contributed by atoms with Gasteiger partial charge in [-0.25, -0.2) is 0 Å². The predicted molar refractivity (Wildman–Crippen MR) is 64.7 cm³/mol. The molecule has 84 valence electrons. The highest BCUT2D eigenvalue weighted by molar-refractivity contribution is 6.04. The van der Waals surface area contributed by atoms with E-state index in [1.54, 1.807) is 6.08 Å². The summed E-state index contributed by atoms with van der Waals surface area (Å²) in [5, 5.41) is 0. The minimum atomic E-state index is 0.223. The van der Waals surface area contributed by atoms with E-state index in [0.29, 0.717) is 11.8 Å². The highest BCUT2D eigenvalue weighted by atomic mass is 16.1. The van der Waals surface area contributed by atoms with Crippen LogP contribution in [-0.4, -0.2) is 5.78 Å². The Morgan fingerprint density at radius 3 is 2.67 bits per heavy atom. The van der Waals surface area contributed by atoms with Gasteiger partial charge in [-0.05, 0) is 56.6 Å². The SMILES string of the molecule is CC=CC(=O)C1=C(C)CCC(C(C)C)C1. The first-order chi connectivity index (χ1) is 7.06. The fourth-order valence-corrected chi connectivity index (χ4v) is 2.22. The van der Waals surface area contributed by atoms with E-state index in [-0.39, 0.29) is 5.78 Å². The molecular weight excluding hydrogens is 184 g/mol. The van der Waals surface area contributed by atoms with Crippen LogP contribution >= 0.6 is 0 Å². The molecule has 0 saturated carbocycles. The van der Waals surface area contributed by atoms with Crippen LogP contribution in [0.15, 0.2) is 23.3 Å². The van der Waals surface area contributed by atoms with Gasteiger partial charge in [0.25, 0.3) is 0 Å². The molecule has 0 radical (unpaired) electrons. The number of carbonyl (C=O) groups excluding carboxylic acids is 1. The van der Waals surface area contributed by atoms with Crippen molar-refractivity contribution in [2.75, 3.05) is 0 Å². The second kappa shape index (κ2) is 5.29. The third-order valence-electron chi connectivity index (χ3n) is 3.43. The largest absolute Gasteiger partial charge is 0.290 e. The van der Waals surface area contributed by atoms with Crippen LogP contribution in [0.1, 0.15) is 47.0 Å². The van der Waals surface area contributed by atoms with Gasteiger partial charge in [-0.2, -0.15) is 0 Å². The molecule has 0 N–H and O–H groups in total. The van der Waals surface area contributed by atoms with Gasteiger partial charge in [-0.3, -0.25) is 4.79 Å². The molecule has 0 aromatic heterocycles. The molecule has 15 heavy (non-hydrogen) atoms. The Kier molecular flexibility index (Phi) is 4.31. The minimum Gasteiger partial charge on any atom is -0.290 e. The zero-order valence-corrected chi connectivity index (χ0v) is 10.3. The lowest BCUT2D eigenvalue weighted by Crippen LogP contribution is -2.18. The quantitative estimate of drug-likeness (QED) is 0.640. The molecule has 0 heterocycles. The summed E-state index contributed by atoms with van der Waals surface area (Å²) >= 11 is 0. The van der Waals surface area contributed by atoms with E-state index in [1.165, 1.54) is 12.0 Å². The van der Waals surface area contributed by atoms with Crippen molar-refractivity contribution in [1.29, 1.82) is 0 Å². The van der Waals surface area contributed by atoms with Gasteiger partial charge < -0.3 is 0 Å². The maximum absolute atomic E-state index is 11.8. The Morgan fingerprint density at radius 1 is 1.47 bits per heavy atom. The molecule has 0 aromatic carbocycles. The van der Waals surface area contributed by atoms with Crippen molar-refractivity contribution >= 4 is 5.78 Å². The number of carbonyl (C=O) groups is 1. The van der Waals surface area contributed by atoms with E-state index in [2.05, 4.69) is 20.8 Å². The van der Waals surface area contributed by atoms with Gasteiger partial charge in [0.2, 0.25) is 0 Å². The van der Waals surface area contributed by atoms with Gasteiger partial charge >= 0.3 is 0 Å². The van der Waals surface area contributed by atoms with Crippen LogP contribution in [0.4, 0.5) is 0 Å². The van der Waals surface area contributed by atoms with E-state index >= 15 is 0 Å². The van der Waals surface area contributed by atoms with E-state index in [0.717, 1.165) is 18.4 Å². The molecule has 1 nitrogen and oxygen atoms in total. The summed E-state index contributed by atoms with van der Waals surface area (Å²) in [6, 6.07) is 0. The monoisotopic (exact) mass is 206 g/mol. The highest BCUT2D eigenvalue weighted by Gasteiger charge is 2.23. The lowest BCUT2D eigenvalue weighted by atomic mass is 9.77. The maximum Gasteiger partial charge on any atom is 0.181 e. The molecule has 1 aliphatic carbocycles. The van der Waals surface area contributed by atoms with E-state index in [1.807, 2.05) is 13.0 Å². The van der Waals surface area contributed by atoms with Crippen LogP contribution < -0.4 is 0 Å². The molecule has 0 aliphatic heterocycles. The average molecular weight is 206 g/mol. The summed E-state index contributed by atoms with van der Waals surface area (Å²) < 4.78 is 0. The van der Waals surface area contributed by atoms with Crippen molar-refractivity contribution in [2.24, 2.45) is 11.8 Å². The van der Waals surface area contributed by atoms with Gasteiger partial charge in [0.15, 0.2) is 5.78 Å². The summed E-state index contributed by atoms with van der Waals surface area (Å²) in [6.07, 6.45) is 6.85. The van der Waals surface area contributed by atoms with Gasteiger partial charge in [-0.15, -0.1) is 0 Å². The van der Waals surface area contributed by atoms with Crippen molar-refractivity contribution in [3.63, 3.8) is 0 Å². The van der Waals surface area contributed by atoms with E-state index < -0.39 is 0 Å². The third kappa shape index (κ3) is 3.05. The van der Waals surface area contributed by atoms with Gasteiger partial charge in [0.05, 0.1) is 0 Å². The van der Waals surface area contributed by atoms with Crippen molar-refractivity contribution in [3.05, 3.63) is 23.3 Å². The van der Waals surface area contributed by atoms with E-state index in [9.17, 15) is 4.79 Å². The first-order valence-corrected chi connectivity index (χ1v) is 5.92. The topological polar surface area (TPSA) is 17.1 Å². The summed E-state index contributed by atoms with van der Waals surface area (Å²) in [5.41, 5.74) is 2.37. The average Bonchev–Trinajstić information content (AvgIpc) is 2.18. The van der Waals surface area contributed by atoms with Gasteiger partial charge in [-0.1, -0.05) is 25.5 Å². The van der Waals surface area contributed by atoms with Crippen LogP contribution in [-0.2, 0) is 4.79 Å². The molecule has 0 saturated heterocycles. The normalized spacial score (nSPS) is 22.9. The second-order valence-electron chi connectivity index (χ2n) is 4.87. The van der Waals surface area contributed by atoms with Crippen molar-refractivity contribution < 1.29 is 4.79 Å². The molecule has 1 rings (SSSR count). The Bertz CT molecular complexity index is 294. The molecule has 1 aliphatic rings. The van der Waals surface area contributed by atoms with Crippen LogP contribution in [0.5, 0.6) is 0 Å². The first-order valence-electron chi connectivity index (χ1n) is 5.92. The summed E-state index contributed by atoms with van der Waals surface area (Å²) in [4.78, 5) is 11.8. The fraction of sp³-hybridized carbons (Fsp3) is 0.643. The maximum atomic E-state index is 11.8. The van der Waals surface area contributed by atoms with Crippen LogP contribution in [0.2, 0.25) is 0 Å². The number of rotatable bonds is 3. The van der Waals surface area contributed by atoms with Gasteiger partial charge in [0, 0.05) is 0 Å². The molecule has 0 bridgehead atoms. The summed E-state index contributed by atoms with van der Waals surface area (Å²) in [7, 11) is 0. The smallest absolute Gasteiger partial charge is 0.181 e.